The van der Waals surface area contributed by atoms with E-state index in [2.05, 4.69) is 0 Å². The van der Waals surface area contributed by atoms with Gasteiger partial charge in [0.15, 0.2) is 0 Å². The molecule has 3 rings (SSSR count). The summed E-state index contributed by atoms with van der Waals surface area (Å²) in [5.74, 6) is -4.55. The molecule has 2 atom stereocenters. The number of hydrogen-bond acceptors (Lipinski definition) is 4. The standard InChI is InChI=1S/C17H13F3O4/c1-9-7-11(21)14-12(8-9)24-15(22)13(10-5-3-2-4-6-10)16(14,23)17(18,19)20/h2-8,13,21,23H,1H3. The summed E-state index contributed by atoms with van der Waals surface area (Å²) < 4.78 is 46.5. The summed E-state index contributed by atoms with van der Waals surface area (Å²) in [6, 6.07) is 9.30. The number of carbonyl (C=O) groups excluding carboxylic acids is 1. The third-order valence-electron chi connectivity index (χ3n) is 4.04. The molecule has 2 unspecified atom stereocenters. The average molecular weight is 338 g/mol. The van der Waals surface area contributed by atoms with Crippen LogP contribution >= 0.6 is 0 Å². The Labute approximate surface area is 135 Å². The summed E-state index contributed by atoms with van der Waals surface area (Å²) in [6.45, 7) is 1.52. The fraction of sp³-hybridized carbons (Fsp3) is 0.235. The molecule has 0 aliphatic carbocycles. The Morgan fingerprint density at radius 1 is 1.17 bits per heavy atom. The smallest absolute Gasteiger partial charge is 0.422 e. The lowest BCUT2D eigenvalue weighted by Gasteiger charge is -2.41. The predicted octanol–water partition coefficient (Wildman–Crippen LogP) is 3.15. The van der Waals surface area contributed by atoms with Gasteiger partial charge in [-0.2, -0.15) is 13.2 Å². The zero-order valence-corrected chi connectivity index (χ0v) is 12.5. The summed E-state index contributed by atoms with van der Waals surface area (Å²) >= 11 is 0. The highest BCUT2D eigenvalue weighted by Gasteiger charge is 2.67. The van der Waals surface area contributed by atoms with Crippen molar-refractivity contribution in [3.05, 3.63) is 59.2 Å². The van der Waals surface area contributed by atoms with Crippen LogP contribution in [0.5, 0.6) is 11.5 Å². The molecule has 0 saturated heterocycles. The first-order valence-corrected chi connectivity index (χ1v) is 7.06. The number of aliphatic hydroxyl groups is 1. The number of alkyl halides is 3. The highest BCUT2D eigenvalue weighted by molar-refractivity contribution is 5.86. The fourth-order valence-corrected chi connectivity index (χ4v) is 3.01. The first kappa shape index (κ1) is 16.3. The summed E-state index contributed by atoms with van der Waals surface area (Å²) in [7, 11) is 0. The lowest BCUT2D eigenvalue weighted by molar-refractivity contribution is -0.279. The van der Waals surface area contributed by atoms with Crippen molar-refractivity contribution in [1.82, 2.24) is 0 Å². The molecule has 0 aromatic heterocycles. The number of phenols is 1. The van der Waals surface area contributed by atoms with Gasteiger partial charge >= 0.3 is 12.1 Å². The number of phenolic OH excluding ortho intramolecular Hbond substituents is 1. The van der Waals surface area contributed by atoms with Crippen LogP contribution in [0.4, 0.5) is 13.2 Å². The van der Waals surface area contributed by atoms with Gasteiger partial charge in [0.25, 0.3) is 0 Å². The Morgan fingerprint density at radius 2 is 1.79 bits per heavy atom. The highest BCUT2D eigenvalue weighted by atomic mass is 19.4. The number of rotatable bonds is 1. The van der Waals surface area contributed by atoms with Gasteiger partial charge in [-0.1, -0.05) is 30.3 Å². The van der Waals surface area contributed by atoms with E-state index in [1.807, 2.05) is 0 Å². The minimum atomic E-state index is -5.21. The Bertz CT molecular complexity index is 801. The number of benzene rings is 2. The summed E-state index contributed by atoms with van der Waals surface area (Å²) in [4.78, 5) is 12.3. The SMILES string of the molecule is Cc1cc(O)c2c(c1)OC(=O)C(c1ccccc1)C2(O)C(F)(F)F. The van der Waals surface area contributed by atoms with Crippen molar-refractivity contribution in [2.75, 3.05) is 0 Å². The van der Waals surface area contributed by atoms with Gasteiger partial charge in [-0.3, -0.25) is 4.79 Å². The molecule has 0 radical (unpaired) electrons. The number of ether oxygens (including phenoxy) is 1. The molecule has 4 nitrogen and oxygen atoms in total. The van der Waals surface area contributed by atoms with Gasteiger partial charge in [0.05, 0.1) is 5.56 Å². The third-order valence-corrected chi connectivity index (χ3v) is 4.04. The van der Waals surface area contributed by atoms with Gasteiger partial charge < -0.3 is 14.9 Å². The van der Waals surface area contributed by atoms with E-state index in [1.54, 1.807) is 6.07 Å². The van der Waals surface area contributed by atoms with Crippen molar-refractivity contribution >= 4 is 5.97 Å². The zero-order valence-electron chi connectivity index (χ0n) is 12.5. The summed E-state index contributed by atoms with van der Waals surface area (Å²) in [6.07, 6.45) is -5.21. The first-order chi connectivity index (χ1) is 11.2. The van der Waals surface area contributed by atoms with E-state index in [0.717, 1.165) is 6.07 Å². The molecule has 0 amide bonds. The number of carbonyl (C=O) groups is 1. The molecule has 126 valence electrons. The van der Waals surface area contributed by atoms with E-state index < -0.39 is 40.7 Å². The Hall–Kier alpha value is -2.54. The van der Waals surface area contributed by atoms with E-state index in [1.165, 1.54) is 37.3 Å². The minimum Gasteiger partial charge on any atom is -0.507 e. The second-order valence-corrected chi connectivity index (χ2v) is 5.69. The van der Waals surface area contributed by atoms with Crippen LogP contribution < -0.4 is 4.74 Å². The molecule has 2 aromatic rings. The lowest BCUT2D eigenvalue weighted by Crippen LogP contribution is -2.53. The van der Waals surface area contributed by atoms with Crippen LogP contribution in [0, 0.1) is 6.92 Å². The van der Waals surface area contributed by atoms with E-state index in [-0.39, 0.29) is 5.56 Å². The van der Waals surface area contributed by atoms with E-state index in [0.29, 0.717) is 5.56 Å². The topological polar surface area (TPSA) is 66.8 Å². The number of hydrogen-bond donors (Lipinski definition) is 2. The molecule has 1 aliphatic heterocycles. The van der Waals surface area contributed by atoms with Crippen LogP contribution in [-0.2, 0) is 10.4 Å². The largest absolute Gasteiger partial charge is 0.507 e. The van der Waals surface area contributed by atoms with Crippen LogP contribution in [0.2, 0.25) is 0 Å². The van der Waals surface area contributed by atoms with Gasteiger partial charge in [0.2, 0.25) is 5.60 Å². The third kappa shape index (κ3) is 2.24. The van der Waals surface area contributed by atoms with Gasteiger partial charge in [0, 0.05) is 0 Å². The van der Waals surface area contributed by atoms with Crippen LogP contribution in [0.1, 0.15) is 22.6 Å². The Balaban J connectivity index is 2.34. The lowest BCUT2D eigenvalue weighted by atomic mass is 9.74. The molecular formula is C17H13F3O4. The van der Waals surface area contributed by atoms with E-state index >= 15 is 0 Å². The maximum Gasteiger partial charge on any atom is 0.422 e. The Kier molecular flexibility index (Phi) is 3.56. The van der Waals surface area contributed by atoms with Crippen molar-refractivity contribution in [3.63, 3.8) is 0 Å². The maximum absolute atomic E-state index is 13.8. The molecule has 2 aromatic carbocycles. The van der Waals surface area contributed by atoms with Gasteiger partial charge in [0.1, 0.15) is 17.4 Å². The van der Waals surface area contributed by atoms with E-state index in [4.69, 9.17) is 4.74 Å². The molecule has 0 fully saturated rings. The second kappa shape index (κ2) is 5.24. The molecule has 0 bridgehead atoms. The number of aromatic hydroxyl groups is 1. The van der Waals surface area contributed by atoms with Crippen molar-refractivity contribution in [2.24, 2.45) is 0 Å². The van der Waals surface area contributed by atoms with Gasteiger partial charge in [-0.05, 0) is 30.2 Å². The first-order valence-electron chi connectivity index (χ1n) is 7.06. The molecule has 1 aliphatic rings. The Morgan fingerprint density at radius 3 is 2.38 bits per heavy atom. The average Bonchev–Trinajstić information content (AvgIpc) is 2.45. The normalized spacial score (nSPS) is 23.5. The molecule has 0 spiro atoms. The van der Waals surface area contributed by atoms with Crippen LogP contribution in [0.3, 0.4) is 0 Å². The number of aryl methyl sites for hydroxylation is 1. The second-order valence-electron chi connectivity index (χ2n) is 5.69. The molecular weight excluding hydrogens is 325 g/mol. The van der Waals surface area contributed by atoms with Crippen LogP contribution in [0.25, 0.3) is 0 Å². The van der Waals surface area contributed by atoms with Crippen molar-refractivity contribution < 1.29 is 32.9 Å². The van der Waals surface area contributed by atoms with Crippen molar-refractivity contribution in [3.8, 4) is 11.5 Å². The fourth-order valence-electron chi connectivity index (χ4n) is 3.01. The molecule has 24 heavy (non-hydrogen) atoms. The molecule has 7 heteroatoms. The predicted molar refractivity (Wildman–Crippen MR) is 77.6 cm³/mol. The number of fused-ring (bicyclic) bond motifs is 1. The number of halogens is 3. The van der Waals surface area contributed by atoms with E-state index in [9.17, 15) is 28.2 Å². The van der Waals surface area contributed by atoms with Gasteiger partial charge in [-0.25, -0.2) is 0 Å². The quantitative estimate of drug-likeness (QED) is 0.619. The zero-order chi connectivity index (χ0) is 17.7. The molecule has 0 saturated carbocycles. The van der Waals surface area contributed by atoms with Crippen molar-refractivity contribution in [2.45, 2.75) is 24.6 Å². The molecule has 1 heterocycles. The molecule has 2 N–H and O–H groups in total. The van der Waals surface area contributed by atoms with Crippen LogP contribution in [-0.4, -0.2) is 22.4 Å². The van der Waals surface area contributed by atoms with Crippen LogP contribution in [0.15, 0.2) is 42.5 Å². The monoisotopic (exact) mass is 338 g/mol. The summed E-state index contributed by atoms with van der Waals surface area (Å²) in [5.41, 5.74) is -4.12. The summed E-state index contributed by atoms with van der Waals surface area (Å²) in [5, 5.41) is 20.7. The van der Waals surface area contributed by atoms with Gasteiger partial charge in [-0.15, -0.1) is 0 Å². The van der Waals surface area contributed by atoms with Crippen molar-refractivity contribution in [1.29, 1.82) is 0 Å². The number of esters is 1. The highest BCUT2D eigenvalue weighted by Crippen LogP contribution is 2.56. The minimum absolute atomic E-state index is 0.0621. The maximum atomic E-state index is 13.8.